The molecule has 2 heterocycles. The number of aromatic amines is 1. The van der Waals surface area contributed by atoms with Gasteiger partial charge in [0.05, 0.1) is 23.7 Å². The highest BCUT2D eigenvalue weighted by Gasteiger charge is 2.36. The van der Waals surface area contributed by atoms with E-state index < -0.39 is 17.7 Å². The van der Waals surface area contributed by atoms with Crippen molar-refractivity contribution in [2.45, 2.75) is 24.9 Å². The first kappa shape index (κ1) is 19.9. The fourth-order valence-corrected chi connectivity index (χ4v) is 3.70. The van der Waals surface area contributed by atoms with E-state index in [1.165, 1.54) is 23.9 Å². The van der Waals surface area contributed by atoms with Crippen molar-refractivity contribution in [3.05, 3.63) is 75.5 Å². The van der Waals surface area contributed by atoms with Crippen LogP contribution >= 0.6 is 11.8 Å². The number of nitrogens with zero attached hydrogens (tertiary/aromatic N) is 1. The summed E-state index contributed by atoms with van der Waals surface area (Å²) in [6, 6.07) is 5.71. The smallest absolute Gasteiger partial charge is 0.336 e. The van der Waals surface area contributed by atoms with E-state index in [0.29, 0.717) is 39.1 Å². The molecule has 146 valence electrons. The molecule has 2 N–H and O–H groups in total. The number of thioether (sulfide) groups is 1. The first-order valence-corrected chi connectivity index (χ1v) is 9.73. The van der Waals surface area contributed by atoms with Gasteiger partial charge in [0, 0.05) is 11.4 Å². The molecule has 28 heavy (non-hydrogen) atoms. The molecule has 0 radical (unpaired) electrons. The number of allylic oxidation sites excluding steroid dienone is 1. The predicted molar refractivity (Wildman–Crippen MR) is 107 cm³/mol. The van der Waals surface area contributed by atoms with Crippen LogP contribution in [0.2, 0.25) is 0 Å². The fourth-order valence-electron chi connectivity index (χ4n) is 3.11. The van der Waals surface area contributed by atoms with E-state index in [9.17, 15) is 14.0 Å². The van der Waals surface area contributed by atoms with E-state index in [4.69, 9.17) is 4.74 Å². The summed E-state index contributed by atoms with van der Waals surface area (Å²) in [5, 5.41) is 3.50. The highest BCUT2D eigenvalue weighted by atomic mass is 32.2. The topological polar surface area (TPSA) is 84.1 Å². The van der Waals surface area contributed by atoms with Crippen molar-refractivity contribution >= 4 is 23.5 Å². The summed E-state index contributed by atoms with van der Waals surface area (Å²) < 4.78 is 18.6. The van der Waals surface area contributed by atoms with Crippen molar-refractivity contribution in [3.63, 3.8) is 0 Å². The molecule has 0 saturated carbocycles. The second kappa shape index (κ2) is 8.43. The number of anilines is 1. The number of ether oxygens (including phenoxy) is 1. The molecule has 1 aliphatic rings. The number of benzene rings is 1. The average Bonchev–Trinajstić information content (AvgIpc) is 2.66. The van der Waals surface area contributed by atoms with E-state index in [0.717, 1.165) is 0 Å². The van der Waals surface area contributed by atoms with Crippen molar-refractivity contribution < 1.29 is 13.9 Å². The largest absolute Gasteiger partial charge is 0.463 e. The number of fused-ring (bicyclic) bond motifs is 1. The first-order valence-electron chi connectivity index (χ1n) is 8.74. The molecule has 0 spiro atoms. The Morgan fingerprint density at radius 2 is 2.11 bits per heavy atom. The monoisotopic (exact) mass is 401 g/mol. The molecule has 3 rings (SSSR count). The van der Waals surface area contributed by atoms with Crippen LogP contribution in [0.5, 0.6) is 0 Å². The van der Waals surface area contributed by atoms with Crippen LogP contribution in [0.3, 0.4) is 0 Å². The number of hydrogen-bond donors (Lipinski definition) is 2. The van der Waals surface area contributed by atoms with Crippen molar-refractivity contribution in [3.8, 4) is 0 Å². The van der Waals surface area contributed by atoms with Gasteiger partial charge in [0.25, 0.3) is 5.56 Å². The Labute approximate surface area is 165 Å². The third-order valence-electron chi connectivity index (χ3n) is 4.26. The Kier molecular flexibility index (Phi) is 5.99. The van der Waals surface area contributed by atoms with Crippen LogP contribution in [0.4, 0.5) is 10.2 Å². The Morgan fingerprint density at radius 3 is 2.75 bits per heavy atom. The molecule has 0 fully saturated rings. The number of H-pyrrole nitrogens is 1. The van der Waals surface area contributed by atoms with Crippen LogP contribution in [0.1, 0.15) is 30.9 Å². The van der Waals surface area contributed by atoms with Crippen LogP contribution in [-0.4, -0.2) is 28.3 Å². The Morgan fingerprint density at radius 1 is 1.39 bits per heavy atom. The zero-order valence-corrected chi connectivity index (χ0v) is 16.4. The molecular weight excluding hydrogens is 381 g/mol. The second-order valence-electron chi connectivity index (χ2n) is 6.10. The van der Waals surface area contributed by atoms with Gasteiger partial charge in [-0.15, -0.1) is 6.58 Å². The van der Waals surface area contributed by atoms with Crippen LogP contribution in [-0.2, 0) is 9.53 Å². The number of aromatic nitrogens is 2. The van der Waals surface area contributed by atoms with Gasteiger partial charge < -0.3 is 15.0 Å². The minimum absolute atomic E-state index is 0.199. The lowest BCUT2D eigenvalue weighted by atomic mass is 9.82. The average molecular weight is 401 g/mol. The molecule has 0 bridgehead atoms. The van der Waals surface area contributed by atoms with Crippen LogP contribution in [0, 0.1) is 5.82 Å². The number of esters is 1. The summed E-state index contributed by atoms with van der Waals surface area (Å²) in [6.07, 6.45) is 1.71. The number of carbonyl (C=O) groups is 1. The van der Waals surface area contributed by atoms with Gasteiger partial charge in [0.1, 0.15) is 11.6 Å². The van der Waals surface area contributed by atoms with Crippen molar-refractivity contribution in [1.82, 2.24) is 9.97 Å². The minimum Gasteiger partial charge on any atom is -0.463 e. The molecule has 0 unspecified atom stereocenters. The lowest BCUT2D eigenvalue weighted by Gasteiger charge is -2.28. The van der Waals surface area contributed by atoms with E-state index in [1.807, 2.05) is 0 Å². The number of carbonyl (C=O) groups excluding carboxylic acids is 1. The summed E-state index contributed by atoms with van der Waals surface area (Å²) in [7, 11) is 0. The summed E-state index contributed by atoms with van der Waals surface area (Å²) in [4.78, 5) is 32.8. The van der Waals surface area contributed by atoms with Gasteiger partial charge in [0.15, 0.2) is 5.16 Å². The quantitative estimate of drug-likeness (QED) is 0.333. The SMILES string of the molecule is C=CCSc1nc2c(c(=O)[nH]1)[C@@H](c1ccc(F)cc1)C(C(=O)OCC)=C(C)N2. The van der Waals surface area contributed by atoms with E-state index in [-0.39, 0.29) is 12.2 Å². The molecule has 1 aromatic heterocycles. The Hall–Kier alpha value is -2.87. The number of hydrogen-bond acceptors (Lipinski definition) is 6. The van der Waals surface area contributed by atoms with Gasteiger partial charge in [-0.2, -0.15) is 0 Å². The highest BCUT2D eigenvalue weighted by molar-refractivity contribution is 7.99. The van der Waals surface area contributed by atoms with Gasteiger partial charge in [-0.3, -0.25) is 4.79 Å². The number of nitrogens with one attached hydrogen (secondary N) is 2. The van der Waals surface area contributed by atoms with Gasteiger partial charge in [-0.05, 0) is 31.5 Å². The summed E-state index contributed by atoms with van der Waals surface area (Å²) in [6.45, 7) is 7.29. The first-order chi connectivity index (χ1) is 13.5. The molecular formula is C20H20FN3O3S. The molecule has 2 aromatic rings. The maximum Gasteiger partial charge on any atom is 0.336 e. The summed E-state index contributed by atoms with van der Waals surface area (Å²) in [5.41, 5.74) is 1.37. The third-order valence-corrected chi connectivity index (χ3v) is 5.13. The fraction of sp³-hybridized carbons (Fsp3) is 0.250. The molecule has 1 aliphatic heterocycles. The normalized spacial score (nSPS) is 15.6. The van der Waals surface area contributed by atoms with Crippen molar-refractivity contribution in [2.75, 3.05) is 17.7 Å². The number of halogens is 1. The van der Waals surface area contributed by atoms with Gasteiger partial charge in [-0.25, -0.2) is 14.2 Å². The highest BCUT2D eigenvalue weighted by Crippen LogP contribution is 2.40. The van der Waals surface area contributed by atoms with Crippen LogP contribution < -0.4 is 10.9 Å². The Balaban J connectivity index is 2.19. The maximum absolute atomic E-state index is 13.4. The van der Waals surface area contributed by atoms with E-state index in [2.05, 4.69) is 21.9 Å². The third kappa shape index (κ3) is 3.87. The summed E-state index contributed by atoms with van der Waals surface area (Å²) >= 11 is 1.34. The molecule has 8 heteroatoms. The molecule has 6 nitrogen and oxygen atoms in total. The van der Waals surface area contributed by atoms with Crippen molar-refractivity contribution in [1.29, 1.82) is 0 Å². The zero-order chi connectivity index (χ0) is 20.3. The predicted octanol–water partition coefficient (Wildman–Crippen LogP) is 3.58. The minimum atomic E-state index is -0.717. The summed E-state index contributed by atoms with van der Waals surface area (Å²) in [5.74, 6) is -0.691. The lowest BCUT2D eigenvalue weighted by Crippen LogP contribution is -2.31. The standard InChI is InChI=1S/C20H20FN3O3S/c1-4-10-28-20-23-17-16(18(25)24-20)15(12-6-8-13(21)9-7-12)14(11(3)22-17)19(26)27-5-2/h4,6-9,15H,1,5,10H2,2-3H3,(H2,22,23,24,25)/t15-/m0/s1. The van der Waals surface area contributed by atoms with Crippen LogP contribution in [0.25, 0.3) is 0 Å². The van der Waals surface area contributed by atoms with E-state index >= 15 is 0 Å². The molecule has 1 atom stereocenters. The van der Waals surface area contributed by atoms with Gasteiger partial charge >= 0.3 is 5.97 Å². The van der Waals surface area contributed by atoms with Gasteiger partial charge in [-0.1, -0.05) is 30.0 Å². The van der Waals surface area contributed by atoms with Crippen molar-refractivity contribution in [2.24, 2.45) is 0 Å². The molecule has 1 aromatic carbocycles. The van der Waals surface area contributed by atoms with Crippen LogP contribution in [0.15, 0.2) is 58.1 Å². The maximum atomic E-state index is 13.4. The van der Waals surface area contributed by atoms with Gasteiger partial charge in [0.2, 0.25) is 0 Å². The Bertz CT molecular complexity index is 999. The second-order valence-corrected chi connectivity index (χ2v) is 7.11. The molecule has 0 saturated heterocycles. The number of rotatable bonds is 6. The lowest BCUT2D eigenvalue weighted by molar-refractivity contribution is -0.138. The molecule has 0 amide bonds. The zero-order valence-electron chi connectivity index (χ0n) is 15.5. The van der Waals surface area contributed by atoms with E-state index in [1.54, 1.807) is 32.1 Å². The molecule has 0 aliphatic carbocycles.